The molecule has 14 nitrogen and oxygen atoms in total. The number of para-hydroxylation sites is 4. The molecule has 5 aliphatic rings. The molecule has 5 N–H and O–H groups in total. The Bertz CT molecular complexity index is 6270. The summed E-state index contributed by atoms with van der Waals surface area (Å²) in [5, 5.41) is 8.55. The molecule has 0 spiro atoms. The quantitative estimate of drug-likeness (QED) is 0.0915. The third-order valence-electron chi connectivity index (χ3n) is 25.1. The van der Waals surface area contributed by atoms with Crippen LogP contribution < -0.4 is 5.32 Å². The lowest BCUT2D eigenvalue weighted by Crippen LogP contribution is -2.46. The van der Waals surface area contributed by atoms with Gasteiger partial charge in [0.05, 0.1) is 30.7 Å². The van der Waals surface area contributed by atoms with Crippen LogP contribution in [0, 0.1) is 33.6 Å². The van der Waals surface area contributed by atoms with Crippen molar-refractivity contribution in [2.24, 2.45) is 5.92 Å². The van der Waals surface area contributed by atoms with Crippen molar-refractivity contribution in [3.8, 4) is 0 Å². The number of aryl methyl sites for hydroxylation is 4. The number of hydrogen-bond donors (Lipinski definition) is 5. The smallest absolute Gasteiger partial charge is 0.254 e. The molecule has 5 amide bonds. The topological polar surface area (TPSA) is 174 Å². The fraction of sp³-hybridized carbons (Fsp3) is 0.248. The Hall–Kier alpha value is -12.8. The zero-order valence-electron chi connectivity index (χ0n) is 69.3. The normalized spacial score (nSPS) is 16.9. The van der Waals surface area contributed by atoms with Crippen LogP contribution in [0.25, 0.3) is 43.6 Å². The van der Waals surface area contributed by atoms with Crippen molar-refractivity contribution in [3.05, 3.63) is 390 Å². The third-order valence-corrected chi connectivity index (χ3v) is 25.4. The van der Waals surface area contributed by atoms with Crippen LogP contribution in [-0.2, 0) is 40.7 Å². The summed E-state index contributed by atoms with van der Waals surface area (Å²) in [5.74, 6) is 0.277. The van der Waals surface area contributed by atoms with E-state index in [4.69, 9.17) is 11.6 Å². The molecule has 11 aromatic carbocycles. The molecule has 4 atom stereocenters. The van der Waals surface area contributed by atoms with Crippen LogP contribution >= 0.6 is 11.6 Å². The predicted molar refractivity (Wildman–Crippen MR) is 483 cm³/mol. The van der Waals surface area contributed by atoms with Crippen LogP contribution in [0.1, 0.15) is 197 Å². The highest BCUT2D eigenvalue weighted by Crippen LogP contribution is 2.45. The highest BCUT2D eigenvalue weighted by molar-refractivity contribution is 6.30. The molecule has 1 fully saturated rings. The van der Waals surface area contributed by atoms with Gasteiger partial charge in [-0.25, -0.2) is 0 Å². The third kappa shape index (κ3) is 16.1. The van der Waals surface area contributed by atoms with Gasteiger partial charge in [0.1, 0.15) is 0 Å². The van der Waals surface area contributed by atoms with E-state index < -0.39 is 0 Å². The van der Waals surface area contributed by atoms with Crippen molar-refractivity contribution in [1.29, 1.82) is 0 Å². The van der Waals surface area contributed by atoms with Crippen LogP contribution in [0.15, 0.2) is 273 Å². The molecule has 15 heteroatoms. The molecular weight excluding hydrogens is 1500 g/mol. The lowest BCUT2D eigenvalue weighted by molar-refractivity contribution is -0.135. The van der Waals surface area contributed by atoms with Gasteiger partial charge in [0.25, 0.3) is 17.7 Å². The van der Waals surface area contributed by atoms with Crippen molar-refractivity contribution < 1.29 is 24.0 Å². The summed E-state index contributed by atoms with van der Waals surface area (Å²) in [6, 6.07) is 92.0. The Morgan fingerprint density at radius 1 is 0.367 bits per heavy atom. The Morgan fingerprint density at radius 3 is 1.07 bits per heavy atom. The molecular formula is C105H102ClN9O5. The zero-order chi connectivity index (χ0) is 82.9. The van der Waals surface area contributed by atoms with Gasteiger partial charge in [-0.2, -0.15) is 0 Å². The predicted octanol–water partition coefficient (Wildman–Crippen LogP) is 22.0. The van der Waals surface area contributed by atoms with Crippen LogP contribution in [0.2, 0.25) is 5.02 Å². The maximum Gasteiger partial charge on any atom is 0.254 e. The summed E-state index contributed by atoms with van der Waals surface area (Å²) in [7, 11) is 0. The van der Waals surface area contributed by atoms with Crippen molar-refractivity contribution in [3.63, 3.8) is 0 Å². The summed E-state index contributed by atoms with van der Waals surface area (Å²) < 4.78 is 0. The molecule has 1 aliphatic carbocycles. The minimum atomic E-state index is -0.168. The summed E-state index contributed by atoms with van der Waals surface area (Å²) >= 11 is 6.02. The molecule has 1 saturated carbocycles. The molecule has 0 bridgehead atoms. The molecule has 15 aromatic rings. The standard InChI is InChI=1S/C29H30N2O.C26H24N2O.C25H21ClN2O.C25H27N3O2/c1-19-9-11-20(12-10-19)27-26-24(23-7-5-6-8-25(23)30-26)17-18-31(27)28(32)21-13-15-22(16-14-21)29(2,3)4;1-17-11-13-19(14-12-17)25-24-22(21-9-5-6-10-23(21)27-24)15-16-28(25)26(29)20-8-4-3-7-18(20)2;1-16-6-8-17(9-7-16)24-23-21(20-4-2-3-5-22(20)27-23)14-15-28(24)25(29)18-10-12-19(26)13-11-18;29-22(16-26-25(30)18-10-4-5-11-18)28-15-14-20-19-12-6-7-13-21(19)27-23(20)24(28)17-8-2-1-3-9-17/h5-16,27,30H,17-18H2,1-4H3;3-14,25,27H,15-16H2,1-2H3;2-13,24,27H,14-15H2,1H3;1-3,6-9,12-13,18,24,27H,4-5,10-11,14-16H2,(H,26,30). The van der Waals surface area contributed by atoms with Gasteiger partial charge in [-0.3, -0.25) is 24.0 Å². The first-order chi connectivity index (χ1) is 58.3. The zero-order valence-corrected chi connectivity index (χ0v) is 70.0. The van der Waals surface area contributed by atoms with Gasteiger partial charge in [0.15, 0.2) is 0 Å². The van der Waals surface area contributed by atoms with Crippen molar-refractivity contribution >= 4 is 84.7 Å². The fourth-order valence-electron chi connectivity index (χ4n) is 18.8. The SMILES string of the molecule is Cc1ccc(C2c3[nH]c4ccccc4c3CCN2C(=O)c2ccc(C(C)(C)C)cc2)cc1.Cc1ccc(C2c3[nH]c4ccccc4c3CCN2C(=O)c2ccc(Cl)cc2)cc1.Cc1ccc(C2c3[nH]c4ccccc4c3CCN2C(=O)c2ccccc2C)cc1.O=C(NCC(=O)N1CCc2c([nH]c3ccccc23)C1c1ccccc1)C1CCCC1. The molecule has 20 rings (SSSR count). The monoisotopic (exact) mass is 1600 g/mol. The molecule has 8 heterocycles. The summed E-state index contributed by atoms with van der Waals surface area (Å²) in [6.45, 7) is 17.7. The molecule has 0 radical (unpaired) electrons. The Morgan fingerprint density at radius 2 is 0.692 bits per heavy atom. The summed E-state index contributed by atoms with van der Waals surface area (Å²) in [5.41, 5.74) is 26.9. The van der Waals surface area contributed by atoms with Gasteiger partial charge < -0.3 is 44.9 Å². The average Bonchev–Trinajstić information content (AvgIpc) is 1.55. The highest BCUT2D eigenvalue weighted by Gasteiger charge is 2.40. The number of carbonyl (C=O) groups excluding carboxylic acids is 5. The van der Waals surface area contributed by atoms with E-state index in [9.17, 15) is 24.0 Å². The van der Waals surface area contributed by atoms with Gasteiger partial charge in [0.2, 0.25) is 11.8 Å². The molecule has 4 aliphatic heterocycles. The van der Waals surface area contributed by atoms with Crippen molar-refractivity contribution in [1.82, 2.24) is 44.9 Å². The number of benzene rings is 11. The average molecular weight is 1610 g/mol. The number of nitrogens with zero attached hydrogens (tertiary/aromatic N) is 4. The summed E-state index contributed by atoms with van der Waals surface area (Å²) in [6.07, 6.45) is 7.46. The van der Waals surface area contributed by atoms with Gasteiger partial charge in [-0.1, -0.05) is 268 Å². The number of carbonyl (C=O) groups is 5. The van der Waals surface area contributed by atoms with Crippen LogP contribution in [0.5, 0.6) is 0 Å². The number of halogens is 1. The maximum atomic E-state index is 13.7. The maximum absolute atomic E-state index is 13.7. The van der Waals surface area contributed by atoms with Crippen molar-refractivity contribution in [2.45, 2.75) is 129 Å². The number of nitrogens with one attached hydrogen (secondary N) is 5. The van der Waals surface area contributed by atoms with Gasteiger partial charge in [-0.15, -0.1) is 0 Å². The molecule has 4 aromatic heterocycles. The van der Waals surface area contributed by atoms with E-state index in [0.717, 1.165) is 135 Å². The van der Waals surface area contributed by atoms with Gasteiger partial charge in [0, 0.05) is 120 Å². The number of rotatable bonds is 10. The second kappa shape index (κ2) is 34.3. The molecule has 0 saturated heterocycles. The minimum Gasteiger partial charge on any atom is -0.356 e. The number of fused-ring (bicyclic) bond motifs is 12. The number of amides is 5. The molecule has 4 unspecified atom stereocenters. The number of aromatic nitrogens is 4. The molecule has 604 valence electrons. The first kappa shape index (κ1) is 79.7. The lowest BCUT2D eigenvalue weighted by Gasteiger charge is -2.36. The van der Waals surface area contributed by atoms with E-state index in [1.165, 1.54) is 66.1 Å². The van der Waals surface area contributed by atoms with Gasteiger partial charge in [-0.05, 0) is 194 Å². The first-order valence-electron chi connectivity index (χ1n) is 42.3. The second-order valence-electron chi connectivity index (χ2n) is 33.9. The Labute approximate surface area is 707 Å². The Balaban J connectivity index is 0.000000114. The van der Waals surface area contributed by atoms with E-state index in [0.29, 0.717) is 36.8 Å². The van der Waals surface area contributed by atoms with Crippen molar-refractivity contribution in [2.75, 3.05) is 32.7 Å². The minimum absolute atomic E-state index is 0.0246. The largest absolute Gasteiger partial charge is 0.356 e. The van der Waals surface area contributed by atoms with Crippen LogP contribution in [-0.4, -0.2) is 102 Å². The van der Waals surface area contributed by atoms with E-state index in [-0.39, 0.29) is 71.6 Å². The molecule has 120 heavy (non-hydrogen) atoms. The van der Waals surface area contributed by atoms with Gasteiger partial charge >= 0.3 is 0 Å². The van der Waals surface area contributed by atoms with E-state index in [2.05, 4.69) is 249 Å². The number of H-pyrrole nitrogens is 4. The summed E-state index contributed by atoms with van der Waals surface area (Å²) in [4.78, 5) is 88.9. The first-order valence-corrected chi connectivity index (χ1v) is 42.7. The van der Waals surface area contributed by atoms with E-state index in [1.807, 2.05) is 93.3 Å². The fourth-order valence-corrected chi connectivity index (χ4v) is 18.9. The van der Waals surface area contributed by atoms with E-state index in [1.54, 1.807) is 24.3 Å². The Kier molecular flexibility index (Phi) is 22.8. The number of hydrogen-bond acceptors (Lipinski definition) is 5. The van der Waals surface area contributed by atoms with Crippen LogP contribution in [0.3, 0.4) is 0 Å². The highest BCUT2D eigenvalue weighted by atomic mass is 35.5. The lowest BCUT2D eigenvalue weighted by atomic mass is 9.86. The van der Waals surface area contributed by atoms with E-state index >= 15 is 0 Å². The second-order valence-corrected chi connectivity index (χ2v) is 34.4. The number of aromatic amines is 4. The van der Waals surface area contributed by atoms with Crippen LogP contribution in [0.4, 0.5) is 0 Å².